The van der Waals surface area contributed by atoms with Crippen LogP contribution < -0.4 is 5.32 Å². The number of aryl methyl sites for hydroxylation is 1. The van der Waals surface area contributed by atoms with E-state index in [-0.39, 0.29) is 5.82 Å². The van der Waals surface area contributed by atoms with Crippen LogP contribution in [0.2, 0.25) is 0 Å². The fraction of sp³-hybridized carbons (Fsp3) is 0.571. The molecule has 1 aliphatic rings. The molecule has 17 heavy (non-hydrogen) atoms. The van der Waals surface area contributed by atoms with Crippen LogP contribution in [0.4, 0.5) is 10.1 Å². The predicted octanol–water partition coefficient (Wildman–Crippen LogP) is 3.03. The predicted molar refractivity (Wildman–Crippen MR) is 69.9 cm³/mol. The Morgan fingerprint density at radius 3 is 2.82 bits per heavy atom. The van der Waals surface area contributed by atoms with Crippen molar-refractivity contribution in [3.05, 3.63) is 29.6 Å². The van der Waals surface area contributed by atoms with Gasteiger partial charge in [-0.15, -0.1) is 0 Å². The number of hydrogen-bond donors (Lipinski definition) is 1. The van der Waals surface area contributed by atoms with E-state index in [9.17, 15) is 4.39 Å². The van der Waals surface area contributed by atoms with Crippen molar-refractivity contribution in [2.24, 2.45) is 0 Å². The Balaban J connectivity index is 2.00. The van der Waals surface area contributed by atoms with Crippen molar-refractivity contribution in [1.29, 1.82) is 0 Å². The van der Waals surface area contributed by atoms with E-state index in [0.717, 1.165) is 30.8 Å². The lowest BCUT2D eigenvalue weighted by Gasteiger charge is -2.21. The minimum Gasteiger partial charge on any atom is -0.381 e. The normalized spacial score (nSPS) is 21.1. The molecule has 2 rings (SSSR count). The van der Waals surface area contributed by atoms with E-state index in [1.807, 2.05) is 13.0 Å². The van der Waals surface area contributed by atoms with Crippen LogP contribution in [0.25, 0.3) is 0 Å². The fourth-order valence-corrected chi connectivity index (χ4v) is 2.34. The maximum atomic E-state index is 13.2. The third-order valence-electron chi connectivity index (χ3n) is 3.51. The van der Waals surface area contributed by atoms with Gasteiger partial charge in [0, 0.05) is 30.9 Å². The van der Waals surface area contributed by atoms with Gasteiger partial charge >= 0.3 is 0 Å². The molecule has 3 heteroatoms. The number of anilines is 1. The van der Waals surface area contributed by atoms with Gasteiger partial charge in [0.25, 0.3) is 0 Å². The Hall–Kier alpha value is -1.09. The van der Waals surface area contributed by atoms with Gasteiger partial charge in [-0.1, -0.05) is 6.07 Å². The maximum absolute atomic E-state index is 13.2. The molecule has 0 aromatic heterocycles. The van der Waals surface area contributed by atoms with Crippen molar-refractivity contribution in [2.75, 3.05) is 18.4 Å². The summed E-state index contributed by atoms with van der Waals surface area (Å²) in [6.07, 6.45) is 1.13. The van der Waals surface area contributed by atoms with Gasteiger partial charge in [-0.2, -0.15) is 0 Å². The van der Waals surface area contributed by atoms with Crippen LogP contribution in [0.1, 0.15) is 25.8 Å². The molecule has 0 aliphatic carbocycles. The van der Waals surface area contributed by atoms with Crippen LogP contribution in [0.3, 0.4) is 0 Å². The number of halogens is 1. The molecule has 1 aromatic carbocycles. The van der Waals surface area contributed by atoms with Gasteiger partial charge in [0.15, 0.2) is 0 Å². The zero-order valence-electron chi connectivity index (χ0n) is 10.8. The molecule has 1 saturated heterocycles. The molecular formula is C14H21FN2. The van der Waals surface area contributed by atoms with Crippen molar-refractivity contribution in [3.63, 3.8) is 0 Å². The summed E-state index contributed by atoms with van der Waals surface area (Å²) in [6.45, 7) is 8.62. The molecule has 1 heterocycles. The lowest BCUT2D eigenvalue weighted by atomic mass is 10.1. The third kappa shape index (κ3) is 2.97. The van der Waals surface area contributed by atoms with Gasteiger partial charge in [-0.25, -0.2) is 4.39 Å². The lowest BCUT2D eigenvalue weighted by molar-refractivity contribution is 0.274. The van der Waals surface area contributed by atoms with Crippen molar-refractivity contribution in [1.82, 2.24) is 4.90 Å². The molecule has 1 atom stereocenters. The second-order valence-electron chi connectivity index (χ2n) is 5.18. The average molecular weight is 236 g/mol. The monoisotopic (exact) mass is 236 g/mol. The quantitative estimate of drug-likeness (QED) is 0.867. The summed E-state index contributed by atoms with van der Waals surface area (Å²) in [6, 6.07) is 5.96. The molecule has 0 bridgehead atoms. The van der Waals surface area contributed by atoms with Gasteiger partial charge in [0.1, 0.15) is 5.82 Å². The second kappa shape index (κ2) is 5.05. The summed E-state index contributed by atoms with van der Waals surface area (Å²) >= 11 is 0. The summed E-state index contributed by atoms with van der Waals surface area (Å²) in [5.41, 5.74) is 2.04. The molecule has 0 spiro atoms. The van der Waals surface area contributed by atoms with Crippen LogP contribution in [-0.4, -0.2) is 30.1 Å². The Morgan fingerprint density at radius 1 is 1.41 bits per heavy atom. The first-order valence-electron chi connectivity index (χ1n) is 6.33. The molecule has 0 saturated carbocycles. The van der Waals surface area contributed by atoms with Crippen molar-refractivity contribution in [2.45, 2.75) is 39.3 Å². The van der Waals surface area contributed by atoms with E-state index < -0.39 is 0 Å². The largest absolute Gasteiger partial charge is 0.381 e. The number of nitrogens with zero attached hydrogens (tertiary/aromatic N) is 1. The highest BCUT2D eigenvalue weighted by Gasteiger charge is 2.24. The summed E-state index contributed by atoms with van der Waals surface area (Å²) in [4.78, 5) is 2.45. The van der Waals surface area contributed by atoms with Gasteiger partial charge in [0.2, 0.25) is 0 Å². The highest BCUT2D eigenvalue weighted by Crippen LogP contribution is 2.21. The summed E-state index contributed by atoms with van der Waals surface area (Å²) in [5.74, 6) is -0.170. The number of rotatable bonds is 3. The molecule has 1 aliphatic heterocycles. The van der Waals surface area contributed by atoms with Crippen molar-refractivity contribution in [3.8, 4) is 0 Å². The van der Waals surface area contributed by atoms with E-state index in [2.05, 4.69) is 24.1 Å². The van der Waals surface area contributed by atoms with Gasteiger partial charge in [0.05, 0.1) is 0 Å². The summed E-state index contributed by atoms with van der Waals surface area (Å²) in [7, 11) is 0. The van der Waals surface area contributed by atoms with E-state index in [0.29, 0.717) is 12.1 Å². The first-order valence-corrected chi connectivity index (χ1v) is 6.33. The molecule has 0 radical (unpaired) electrons. The van der Waals surface area contributed by atoms with Crippen LogP contribution in [0, 0.1) is 12.7 Å². The second-order valence-corrected chi connectivity index (χ2v) is 5.18. The first-order chi connectivity index (χ1) is 8.06. The van der Waals surface area contributed by atoms with Gasteiger partial charge in [-0.3, -0.25) is 4.90 Å². The summed E-state index contributed by atoms with van der Waals surface area (Å²) < 4.78 is 13.2. The lowest BCUT2D eigenvalue weighted by Crippen LogP contribution is -2.31. The van der Waals surface area contributed by atoms with Crippen LogP contribution in [0.15, 0.2) is 18.2 Å². The highest BCUT2D eigenvalue weighted by molar-refractivity contribution is 5.51. The smallest absolute Gasteiger partial charge is 0.125 e. The van der Waals surface area contributed by atoms with E-state index in [4.69, 9.17) is 0 Å². The summed E-state index contributed by atoms with van der Waals surface area (Å²) in [5, 5.41) is 3.45. The Labute approximate surface area is 103 Å². The van der Waals surface area contributed by atoms with Gasteiger partial charge in [-0.05, 0) is 44.9 Å². The first kappa shape index (κ1) is 12.4. The van der Waals surface area contributed by atoms with Crippen LogP contribution in [0.5, 0.6) is 0 Å². The minimum absolute atomic E-state index is 0.170. The van der Waals surface area contributed by atoms with E-state index >= 15 is 0 Å². The molecule has 1 N–H and O–H groups in total. The van der Waals surface area contributed by atoms with Gasteiger partial charge < -0.3 is 5.32 Å². The molecule has 1 unspecified atom stereocenters. The standard InChI is InChI=1S/C14H21FN2/c1-10(2)17-7-6-13(9-17)16-14-8-12(15)5-4-11(14)3/h4-5,8,10,13,16H,6-7,9H2,1-3H3. The molecule has 2 nitrogen and oxygen atoms in total. The number of nitrogens with one attached hydrogen (secondary N) is 1. The fourth-order valence-electron chi connectivity index (χ4n) is 2.34. The molecule has 94 valence electrons. The molecule has 0 amide bonds. The van der Waals surface area contributed by atoms with Crippen molar-refractivity contribution < 1.29 is 4.39 Å². The van der Waals surface area contributed by atoms with E-state index in [1.54, 1.807) is 6.07 Å². The molecular weight excluding hydrogens is 215 g/mol. The molecule has 1 aromatic rings. The minimum atomic E-state index is -0.170. The average Bonchev–Trinajstić information content (AvgIpc) is 2.72. The van der Waals surface area contributed by atoms with Crippen LogP contribution >= 0.6 is 0 Å². The Kier molecular flexibility index (Phi) is 3.67. The highest BCUT2D eigenvalue weighted by atomic mass is 19.1. The SMILES string of the molecule is Cc1ccc(F)cc1NC1CCN(C(C)C)C1. The maximum Gasteiger partial charge on any atom is 0.125 e. The Bertz CT molecular complexity index is 390. The zero-order valence-corrected chi connectivity index (χ0v) is 10.8. The van der Waals surface area contributed by atoms with Crippen LogP contribution in [-0.2, 0) is 0 Å². The third-order valence-corrected chi connectivity index (χ3v) is 3.51. The van der Waals surface area contributed by atoms with Crippen molar-refractivity contribution >= 4 is 5.69 Å². The number of hydrogen-bond acceptors (Lipinski definition) is 2. The number of benzene rings is 1. The zero-order chi connectivity index (χ0) is 12.4. The topological polar surface area (TPSA) is 15.3 Å². The Morgan fingerprint density at radius 2 is 2.18 bits per heavy atom. The molecule has 1 fully saturated rings. The number of likely N-dealkylation sites (tertiary alicyclic amines) is 1. The van der Waals surface area contributed by atoms with E-state index in [1.165, 1.54) is 6.07 Å².